The second kappa shape index (κ2) is 17.9. The number of aliphatic hydroxyl groups is 1. The number of nitrogens with one attached hydrogen (secondary N) is 2. The van der Waals surface area contributed by atoms with Gasteiger partial charge in [0, 0.05) is 18.0 Å². The first-order valence-electron chi connectivity index (χ1n) is 14.9. The Morgan fingerprint density at radius 1 is 1.15 bits per heavy atom. The zero-order valence-electron chi connectivity index (χ0n) is 26.5. The highest BCUT2D eigenvalue weighted by atomic mass is 32.1. The first-order valence-corrected chi connectivity index (χ1v) is 15.7. The number of amides is 3. The lowest BCUT2D eigenvalue weighted by molar-refractivity contribution is -0.145. The number of rotatable bonds is 17. The van der Waals surface area contributed by atoms with Crippen LogP contribution < -0.4 is 10.6 Å². The van der Waals surface area contributed by atoms with Gasteiger partial charge in [0.1, 0.15) is 24.8 Å². The van der Waals surface area contributed by atoms with Gasteiger partial charge in [0.25, 0.3) is 0 Å². The van der Waals surface area contributed by atoms with Gasteiger partial charge in [-0.2, -0.15) is 0 Å². The molecule has 16 heteroatoms. The van der Waals surface area contributed by atoms with Crippen molar-refractivity contribution in [2.45, 2.75) is 58.6 Å². The molecule has 0 radical (unpaired) electrons. The van der Waals surface area contributed by atoms with E-state index < -0.39 is 54.0 Å². The van der Waals surface area contributed by atoms with Crippen molar-refractivity contribution in [3.05, 3.63) is 51.5 Å². The third-order valence-corrected chi connectivity index (χ3v) is 8.14. The van der Waals surface area contributed by atoms with E-state index in [9.17, 15) is 19.5 Å². The van der Waals surface area contributed by atoms with E-state index in [2.05, 4.69) is 25.6 Å². The van der Waals surface area contributed by atoms with Crippen molar-refractivity contribution in [2.24, 2.45) is 10.5 Å². The van der Waals surface area contributed by atoms with Crippen molar-refractivity contribution in [1.82, 2.24) is 20.5 Å². The standard InChI is InChI=1S/C30H42FN7O7S/c1-19-26(46-18-34-19)21-7-5-20(6-8-21)15-33-28(41)25-24(31)22(39)16-38(25)29(42)27(30(2,3)4)36-23(40)17-45-14-13-44-12-11-43-10-9-35-37-32/h5-8,18,22,24-25,27,39H,9-17H2,1-4H3,(H,33,41)(H,36,40)/t22-,24+,25-,27+/m0/s1. The molecule has 1 aliphatic rings. The van der Waals surface area contributed by atoms with Gasteiger partial charge in [-0.25, -0.2) is 9.37 Å². The molecule has 46 heavy (non-hydrogen) atoms. The maximum absolute atomic E-state index is 15.2. The van der Waals surface area contributed by atoms with Crippen LogP contribution in [0.5, 0.6) is 0 Å². The number of aromatic nitrogens is 1. The molecule has 2 heterocycles. The molecule has 252 valence electrons. The van der Waals surface area contributed by atoms with Crippen molar-refractivity contribution < 1.29 is 38.1 Å². The van der Waals surface area contributed by atoms with Crippen LogP contribution in [0.1, 0.15) is 32.0 Å². The van der Waals surface area contributed by atoms with Crippen molar-refractivity contribution in [1.29, 1.82) is 0 Å². The summed E-state index contributed by atoms with van der Waals surface area (Å²) in [6, 6.07) is 4.82. The van der Waals surface area contributed by atoms with E-state index in [4.69, 9.17) is 19.7 Å². The maximum atomic E-state index is 15.2. The molecule has 2 aromatic rings. The van der Waals surface area contributed by atoms with E-state index in [0.717, 1.165) is 26.6 Å². The number of aryl methyl sites for hydroxylation is 1. The molecule has 0 unspecified atom stereocenters. The zero-order valence-corrected chi connectivity index (χ0v) is 27.3. The Morgan fingerprint density at radius 3 is 2.41 bits per heavy atom. The number of hydrogen-bond donors (Lipinski definition) is 3. The summed E-state index contributed by atoms with van der Waals surface area (Å²) in [7, 11) is 0. The summed E-state index contributed by atoms with van der Waals surface area (Å²) < 4.78 is 31.1. The Bertz CT molecular complexity index is 1350. The predicted molar refractivity (Wildman–Crippen MR) is 168 cm³/mol. The fourth-order valence-corrected chi connectivity index (χ4v) is 5.54. The quantitative estimate of drug-likeness (QED) is 0.0996. The predicted octanol–water partition coefficient (Wildman–Crippen LogP) is 2.54. The maximum Gasteiger partial charge on any atom is 0.246 e. The fraction of sp³-hybridized carbons (Fsp3) is 0.600. The molecule has 0 saturated carbocycles. The lowest BCUT2D eigenvalue weighted by Gasteiger charge is -2.35. The summed E-state index contributed by atoms with van der Waals surface area (Å²) in [6.07, 6.45) is -3.56. The van der Waals surface area contributed by atoms with Gasteiger partial charge in [0.05, 0.1) is 55.7 Å². The number of halogens is 1. The zero-order chi connectivity index (χ0) is 33.7. The van der Waals surface area contributed by atoms with E-state index in [0.29, 0.717) is 6.61 Å². The van der Waals surface area contributed by atoms with E-state index in [1.807, 2.05) is 31.2 Å². The van der Waals surface area contributed by atoms with Gasteiger partial charge in [-0.3, -0.25) is 14.4 Å². The van der Waals surface area contributed by atoms with Crippen LogP contribution >= 0.6 is 11.3 Å². The number of carbonyl (C=O) groups excluding carboxylic acids is 3. The Labute approximate surface area is 271 Å². The molecular weight excluding hydrogens is 621 g/mol. The third kappa shape index (κ3) is 10.7. The molecule has 0 bridgehead atoms. The SMILES string of the molecule is Cc1ncsc1-c1ccc(CNC(=O)[C@@H]2[C@H](F)[C@@H](O)CN2C(=O)[C@@H](NC(=O)COCCOCCOCCN=[N+]=[N-])C(C)(C)C)cc1. The Kier molecular flexibility index (Phi) is 14.3. The number of benzene rings is 1. The van der Waals surface area contributed by atoms with Crippen molar-refractivity contribution in [3.8, 4) is 10.4 Å². The van der Waals surface area contributed by atoms with Crippen LogP contribution in [0.4, 0.5) is 4.39 Å². The molecule has 1 aromatic carbocycles. The molecular formula is C30H42FN7O7S. The fourth-order valence-electron chi connectivity index (χ4n) is 4.73. The number of ether oxygens (including phenoxy) is 3. The summed E-state index contributed by atoms with van der Waals surface area (Å²) in [5, 5.41) is 19.0. The van der Waals surface area contributed by atoms with Gasteiger partial charge in [-0.05, 0) is 29.0 Å². The molecule has 14 nitrogen and oxygen atoms in total. The molecule has 0 aliphatic carbocycles. The molecule has 3 rings (SSSR count). The van der Waals surface area contributed by atoms with Crippen molar-refractivity contribution in [3.63, 3.8) is 0 Å². The molecule has 4 atom stereocenters. The smallest absolute Gasteiger partial charge is 0.246 e. The Balaban J connectivity index is 1.52. The van der Waals surface area contributed by atoms with Crippen molar-refractivity contribution in [2.75, 3.05) is 52.7 Å². The number of carbonyl (C=O) groups is 3. The molecule has 1 fully saturated rings. The van der Waals surface area contributed by atoms with E-state index in [1.54, 1.807) is 26.3 Å². The number of aliphatic hydroxyl groups excluding tert-OH is 1. The average Bonchev–Trinajstić information content (AvgIpc) is 3.58. The number of hydrogen-bond acceptors (Lipinski definition) is 10. The van der Waals surface area contributed by atoms with Crippen LogP contribution in [0, 0.1) is 12.3 Å². The molecule has 1 aromatic heterocycles. The number of azide groups is 1. The number of likely N-dealkylation sites (tertiary alicyclic amines) is 1. The minimum absolute atomic E-state index is 0.0903. The van der Waals surface area contributed by atoms with E-state index in [1.165, 1.54) is 11.3 Å². The van der Waals surface area contributed by atoms with Crippen LogP contribution in [0.15, 0.2) is 34.9 Å². The Morgan fingerprint density at radius 2 is 1.80 bits per heavy atom. The molecule has 3 N–H and O–H groups in total. The first kappa shape index (κ1) is 36.8. The number of alkyl halides is 1. The highest BCUT2D eigenvalue weighted by Crippen LogP contribution is 2.29. The van der Waals surface area contributed by atoms with Crippen LogP contribution in [0.3, 0.4) is 0 Å². The Hall–Kier alpha value is -3.66. The summed E-state index contributed by atoms with van der Waals surface area (Å²) >= 11 is 1.53. The van der Waals surface area contributed by atoms with E-state index >= 15 is 4.39 Å². The van der Waals surface area contributed by atoms with Crippen LogP contribution in [0.25, 0.3) is 20.9 Å². The lowest BCUT2D eigenvalue weighted by atomic mass is 9.85. The number of nitrogens with zero attached hydrogens (tertiary/aromatic N) is 5. The van der Waals surface area contributed by atoms with Gasteiger partial charge in [0.2, 0.25) is 17.7 Å². The number of thiazole rings is 1. The van der Waals surface area contributed by atoms with Gasteiger partial charge in [0.15, 0.2) is 6.17 Å². The topological polar surface area (TPSA) is 188 Å². The largest absolute Gasteiger partial charge is 0.388 e. The molecule has 0 spiro atoms. The summed E-state index contributed by atoms with van der Waals surface area (Å²) in [5.74, 6) is -2.01. The number of β-amino-alcohol motifs (C(OH)–C–C–N with tert-alkyl or cyclic N) is 1. The third-order valence-electron chi connectivity index (χ3n) is 7.16. The average molecular weight is 664 g/mol. The second-order valence-corrected chi connectivity index (χ2v) is 12.6. The minimum atomic E-state index is -2.00. The lowest BCUT2D eigenvalue weighted by Crippen LogP contribution is -2.59. The van der Waals surface area contributed by atoms with Gasteiger partial charge < -0.3 is 34.9 Å². The van der Waals surface area contributed by atoms with Gasteiger partial charge in [-0.15, -0.1) is 11.3 Å². The van der Waals surface area contributed by atoms with Crippen molar-refractivity contribution >= 4 is 29.1 Å². The highest BCUT2D eigenvalue weighted by Gasteiger charge is 2.50. The van der Waals surface area contributed by atoms with Crippen LogP contribution in [0.2, 0.25) is 0 Å². The normalized spacial score (nSPS) is 18.6. The summed E-state index contributed by atoms with van der Waals surface area (Å²) in [5.41, 5.74) is 11.8. The summed E-state index contributed by atoms with van der Waals surface area (Å²) in [4.78, 5) is 48.5. The van der Waals surface area contributed by atoms with Crippen LogP contribution in [-0.2, 0) is 35.1 Å². The van der Waals surface area contributed by atoms with Gasteiger partial charge >= 0.3 is 0 Å². The summed E-state index contributed by atoms with van der Waals surface area (Å²) in [6.45, 7) is 7.87. The molecule has 1 saturated heterocycles. The second-order valence-electron chi connectivity index (χ2n) is 11.7. The monoisotopic (exact) mass is 663 g/mol. The molecule has 3 amide bonds. The minimum Gasteiger partial charge on any atom is -0.388 e. The van der Waals surface area contributed by atoms with Gasteiger partial charge in [-0.1, -0.05) is 50.2 Å². The first-order chi connectivity index (χ1) is 21.9. The molecule has 1 aliphatic heterocycles. The highest BCUT2D eigenvalue weighted by molar-refractivity contribution is 7.13. The van der Waals surface area contributed by atoms with E-state index in [-0.39, 0.29) is 46.1 Å². The van der Waals surface area contributed by atoms with Crippen LogP contribution in [-0.4, -0.2) is 110 Å².